The third kappa shape index (κ3) is 2.79. The number of imidazole rings is 1. The van der Waals surface area contributed by atoms with Crippen molar-refractivity contribution in [2.24, 2.45) is 0 Å². The van der Waals surface area contributed by atoms with Gasteiger partial charge >= 0.3 is 0 Å². The molecular formula is C15H14BrN3. The molecule has 0 unspecified atom stereocenters. The van der Waals surface area contributed by atoms with Gasteiger partial charge in [-0.3, -0.25) is 0 Å². The lowest BCUT2D eigenvalue weighted by Gasteiger charge is -2.06. The molecule has 0 saturated carbocycles. The Hall–Kier alpha value is -1.81. The van der Waals surface area contributed by atoms with E-state index in [1.165, 1.54) is 5.56 Å². The number of hydrogen-bond acceptors (Lipinski definition) is 2. The van der Waals surface area contributed by atoms with Gasteiger partial charge in [-0.1, -0.05) is 28.1 Å². The number of hydrogen-bond donors (Lipinski definition) is 2. The molecule has 0 spiro atoms. The quantitative estimate of drug-likeness (QED) is 0.758. The van der Waals surface area contributed by atoms with Crippen molar-refractivity contribution in [2.45, 2.75) is 13.5 Å². The molecule has 0 aliphatic heterocycles. The van der Waals surface area contributed by atoms with Crippen LogP contribution in [0.5, 0.6) is 0 Å². The fourth-order valence-electron chi connectivity index (χ4n) is 2.10. The average molecular weight is 316 g/mol. The van der Waals surface area contributed by atoms with Crippen LogP contribution in [0.25, 0.3) is 11.0 Å². The van der Waals surface area contributed by atoms with E-state index in [4.69, 9.17) is 0 Å². The standard InChI is InChI=1S/C15H14BrN3/c1-10-18-14-6-5-13(8-15(14)19-10)17-9-11-3-2-4-12(16)7-11/h2-8,17H,9H2,1H3,(H,18,19). The zero-order chi connectivity index (χ0) is 13.2. The molecule has 1 aromatic heterocycles. The molecule has 0 aliphatic carbocycles. The summed E-state index contributed by atoms with van der Waals surface area (Å²) < 4.78 is 1.10. The molecule has 4 heteroatoms. The summed E-state index contributed by atoms with van der Waals surface area (Å²) in [7, 11) is 0. The minimum atomic E-state index is 0.804. The predicted molar refractivity (Wildman–Crippen MR) is 82.3 cm³/mol. The molecule has 2 aromatic carbocycles. The Morgan fingerprint density at radius 2 is 2.11 bits per heavy atom. The monoisotopic (exact) mass is 315 g/mol. The van der Waals surface area contributed by atoms with Crippen molar-refractivity contribution in [3.63, 3.8) is 0 Å². The number of rotatable bonds is 3. The van der Waals surface area contributed by atoms with Gasteiger partial charge < -0.3 is 10.3 Å². The molecular weight excluding hydrogens is 302 g/mol. The Morgan fingerprint density at radius 1 is 1.21 bits per heavy atom. The third-order valence-electron chi connectivity index (χ3n) is 2.99. The van der Waals surface area contributed by atoms with Crippen molar-refractivity contribution in [3.8, 4) is 0 Å². The molecule has 1 heterocycles. The van der Waals surface area contributed by atoms with Crippen LogP contribution in [-0.4, -0.2) is 9.97 Å². The van der Waals surface area contributed by atoms with Gasteiger partial charge in [-0.2, -0.15) is 0 Å². The first-order valence-electron chi connectivity index (χ1n) is 6.15. The lowest BCUT2D eigenvalue weighted by Crippen LogP contribution is -1.98. The highest BCUT2D eigenvalue weighted by molar-refractivity contribution is 9.10. The lowest BCUT2D eigenvalue weighted by molar-refractivity contribution is 1.15. The number of nitrogens with one attached hydrogen (secondary N) is 2. The molecule has 0 aliphatic rings. The maximum absolute atomic E-state index is 4.39. The fraction of sp³-hybridized carbons (Fsp3) is 0.133. The topological polar surface area (TPSA) is 40.7 Å². The van der Waals surface area contributed by atoms with Gasteiger partial charge in [-0.15, -0.1) is 0 Å². The Bertz CT molecular complexity index is 718. The van der Waals surface area contributed by atoms with Crippen molar-refractivity contribution in [2.75, 3.05) is 5.32 Å². The van der Waals surface area contributed by atoms with Gasteiger partial charge in [0.1, 0.15) is 5.82 Å². The van der Waals surface area contributed by atoms with Crippen LogP contribution >= 0.6 is 15.9 Å². The first-order chi connectivity index (χ1) is 9.20. The van der Waals surface area contributed by atoms with Crippen molar-refractivity contribution >= 4 is 32.7 Å². The summed E-state index contributed by atoms with van der Waals surface area (Å²) in [5, 5.41) is 3.42. The van der Waals surface area contributed by atoms with E-state index >= 15 is 0 Å². The van der Waals surface area contributed by atoms with Crippen molar-refractivity contribution < 1.29 is 0 Å². The molecule has 2 N–H and O–H groups in total. The first kappa shape index (κ1) is 12.2. The number of H-pyrrole nitrogens is 1. The SMILES string of the molecule is Cc1nc2ccc(NCc3cccc(Br)c3)cc2[nH]1. The van der Waals surface area contributed by atoms with Crippen LogP contribution in [0.4, 0.5) is 5.69 Å². The van der Waals surface area contributed by atoms with Crippen molar-refractivity contribution in [1.29, 1.82) is 0 Å². The number of aromatic amines is 1. The van der Waals surface area contributed by atoms with Crippen LogP contribution in [0.2, 0.25) is 0 Å². The third-order valence-corrected chi connectivity index (χ3v) is 3.48. The van der Waals surface area contributed by atoms with Gasteiger partial charge in [0.05, 0.1) is 11.0 Å². The zero-order valence-corrected chi connectivity index (χ0v) is 12.2. The number of aryl methyl sites for hydroxylation is 1. The Morgan fingerprint density at radius 3 is 2.95 bits per heavy atom. The smallest absolute Gasteiger partial charge is 0.104 e. The highest BCUT2D eigenvalue weighted by Gasteiger charge is 2.01. The lowest BCUT2D eigenvalue weighted by atomic mass is 10.2. The van der Waals surface area contributed by atoms with Gasteiger partial charge in [0, 0.05) is 16.7 Å². The van der Waals surface area contributed by atoms with E-state index in [9.17, 15) is 0 Å². The number of halogens is 1. The number of nitrogens with zero attached hydrogens (tertiary/aromatic N) is 1. The van der Waals surface area contributed by atoms with E-state index in [0.717, 1.165) is 33.6 Å². The van der Waals surface area contributed by atoms with Crippen molar-refractivity contribution in [1.82, 2.24) is 9.97 Å². The van der Waals surface area contributed by atoms with Crippen LogP contribution in [0.3, 0.4) is 0 Å². The number of aromatic nitrogens is 2. The molecule has 0 radical (unpaired) electrons. The summed E-state index contributed by atoms with van der Waals surface area (Å²) in [5.41, 5.74) is 4.41. The second-order valence-electron chi connectivity index (χ2n) is 4.54. The largest absolute Gasteiger partial charge is 0.381 e. The second-order valence-corrected chi connectivity index (χ2v) is 5.45. The predicted octanol–water partition coefficient (Wildman–Crippen LogP) is 4.25. The summed E-state index contributed by atoms with van der Waals surface area (Å²) >= 11 is 3.48. The van der Waals surface area contributed by atoms with Crippen LogP contribution in [0.1, 0.15) is 11.4 Å². The van der Waals surface area contributed by atoms with Crippen LogP contribution in [-0.2, 0) is 6.54 Å². The summed E-state index contributed by atoms with van der Waals surface area (Å²) in [6, 6.07) is 14.5. The van der Waals surface area contributed by atoms with Crippen LogP contribution in [0.15, 0.2) is 46.9 Å². The maximum Gasteiger partial charge on any atom is 0.104 e. The number of anilines is 1. The van der Waals surface area contributed by atoms with Crippen molar-refractivity contribution in [3.05, 3.63) is 58.3 Å². The fourth-order valence-corrected chi connectivity index (χ4v) is 2.54. The van der Waals surface area contributed by atoms with Crippen LogP contribution < -0.4 is 5.32 Å². The summed E-state index contributed by atoms with van der Waals surface area (Å²) in [4.78, 5) is 7.64. The molecule has 0 saturated heterocycles. The zero-order valence-electron chi connectivity index (χ0n) is 10.6. The molecule has 0 bridgehead atoms. The normalized spacial score (nSPS) is 10.8. The number of benzene rings is 2. The first-order valence-corrected chi connectivity index (χ1v) is 6.95. The molecule has 0 atom stereocenters. The Kier molecular flexibility index (Phi) is 3.25. The molecule has 3 rings (SSSR count). The summed E-state index contributed by atoms with van der Waals surface area (Å²) in [5.74, 6) is 0.944. The molecule has 3 nitrogen and oxygen atoms in total. The van der Waals surface area contributed by atoms with E-state index in [-0.39, 0.29) is 0 Å². The van der Waals surface area contributed by atoms with Gasteiger partial charge in [-0.05, 0) is 42.8 Å². The maximum atomic E-state index is 4.39. The number of fused-ring (bicyclic) bond motifs is 1. The molecule has 96 valence electrons. The van der Waals surface area contributed by atoms with Gasteiger partial charge in [-0.25, -0.2) is 4.98 Å². The minimum Gasteiger partial charge on any atom is -0.381 e. The molecule has 0 fully saturated rings. The molecule has 0 amide bonds. The van der Waals surface area contributed by atoms with Gasteiger partial charge in [0.2, 0.25) is 0 Å². The Balaban J connectivity index is 1.78. The van der Waals surface area contributed by atoms with E-state index < -0.39 is 0 Å². The van der Waals surface area contributed by atoms with E-state index in [1.807, 2.05) is 25.1 Å². The summed E-state index contributed by atoms with van der Waals surface area (Å²) in [6.07, 6.45) is 0. The molecule has 3 aromatic rings. The molecule has 19 heavy (non-hydrogen) atoms. The Labute approximate surface area is 120 Å². The second kappa shape index (κ2) is 5.05. The summed E-state index contributed by atoms with van der Waals surface area (Å²) in [6.45, 7) is 2.77. The highest BCUT2D eigenvalue weighted by Crippen LogP contribution is 2.18. The minimum absolute atomic E-state index is 0.804. The highest BCUT2D eigenvalue weighted by atomic mass is 79.9. The van der Waals surface area contributed by atoms with E-state index in [1.54, 1.807) is 0 Å². The van der Waals surface area contributed by atoms with Gasteiger partial charge in [0.15, 0.2) is 0 Å². The van der Waals surface area contributed by atoms with E-state index in [2.05, 4.69) is 55.5 Å². The van der Waals surface area contributed by atoms with Gasteiger partial charge in [0.25, 0.3) is 0 Å². The van der Waals surface area contributed by atoms with Crippen LogP contribution in [0, 0.1) is 6.92 Å². The van der Waals surface area contributed by atoms with E-state index in [0.29, 0.717) is 0 Å². The average Bonchev–Trinajstić information content (AvgIpc) is 2.75.